The van der Waals surface area contributed by atoms with Gasteiger partial charge in [0.25, 0.3) is 0 Å². The van der Waals surface area contributed by atoms with Gasteiger partial charge in [-0.3, -0.25) is 4.79 Å². The fourth-order valence-corrected chi connectivity index (χ4v) is 2.89. The predicted molar refractivity (Wildman–Crippen MR) is 68.7 cm³/mol. The summed E-state index contributed by atoms with van der Waals surface area (Å²) in [5, 5.41) is 3.34. The maximum atomic E-state index is 11.7. The van der Waals surface area contributed by atoms with Gasteiger partial charge in [-0.2, -0.15) is 0 Å². The fourth-order valence-electron chi connectivity index (χ4n) is 2.29. The summed E-state index contributed by atoms with van der Waals surface area (Å²) < 4.78 is 21.9. The van der Waals surface area contributed by atoms with E-state index in [2.05, 4.69) is 12.2 Å². The maximum Gasteiger partial charge on any atom is 0.147 e. The summed E-state index contributed by atoms with van der Waals surface area (Å²) in [7, 11) is -3.01. The van der Waals surface area contributed by atoms with Crippen molar-refractivity contribution in [3.63, 3.8) is 0 Å². The van der Waals surface area contributed by atoms with E-state index in [4.69, 9.17) is 0 Å². The van der Waals surface area contributed by atoms with E-state index in [1.807, 2.05) is 0 Å². The van der Waals surface area contributed by atoms with Crippen LogP contribution in [0.25, 0.3) is 0 Å². The molecule has 1 N–H and O–H groups in total. The third-order valence-electron chi connectivity index (χ3n) is 3.44. The van der Waals surface area contributed by atoms with Crippen LogP contribution in [0.5, 0.6) is 0 Å². The van der Waals surface area contributed by atoms with E-state index in [1.165, 1.54) is 19.1 Å². The Morgan fingerprint density at radius 1 is 1.47 bits per heavy atom. The van der Waals surface area contributed by atoms with Crippen molar-refractivity contribution < 1.29 is 13.2 Å². The average Bonchev–Trinajstić information content (AvgIpc) is 2.27. The highest BCUT2D eigenvalue weighted by molar-refractivity contribution is 7.90. The van der Waals surface area contributed by atoms with Crippen LogP contribution in [0.4, 0.5) is 0 Å². The van der Waals surface area contributed by atoms with E-state index in [1.54, 1.807) is 0 Å². The van der Waals surface area contributed by atoms with Crippen molar-refractivity contribution >= 4 is 15.6 Å². The Hall–Kier alpha value is -0.420. The lowest BCUT2D eigenvalue weighted by Gasteiger charge is -2.27. The number of rotatable bonds is 6. The van der Waals surface area contributed by atoms with Gasteiger partial charge in [0.15, 0.2) is 0 Å². The molecule has 1 saturated heterocycles. The molecular formula is C12H23NO3S. The van der Waals surface area contributed by atoms with E-state index in [9.17, 15) is 13.2 Å². The van der Waals surface area contributed by atoms with Gasteiger partial charge in [0.2, 0.25) is 0 Å². The molecule has 1 heterocycles. The van der Waals surface area contributed by atoms with Crippen LogP contribution in [0, 0.1) is 11.8 Å². The highest BCUT2D eigenvalue weighted by Crippen LogP contribution is 2.23. The first kappa shape index (κ1) is 14.6. The van der Waals surface area contributed by atoms with Crippen LogP contribution in [0.3, 0.4) is 0 Å². The molecule has 1 rings (SSSR count). The van der Waals surface area contributed by atoms with Crippen LogP contribution < -0.4 is 5.32 Å². The van der Waals surface area contributed by atoms with E-state index < -0.39 is 9.84 Å². The van der Waals surface area contributed by atoms with E-state index >= 15 is 0 Å². The molecule has 100 valence electrons. The van der Waals surface area contributed by atoms with Crippen LogP contribution in [-0.4, -0.2) is 39.3 Å². The Morgan fingerprint density at radius 3 is 2.71 bits per heavy atom. The minimum absolute atomic E-state index is 0.0124. The Kier molecular flexibility index (Phi) is 5.59. The molecule has 0 aromatic rings. The maximum absolute atomic E-state index is 11.7. The lowest BCUT2D eigenvalue weighted by Crippen LogP contribution is -2.34. The van der Waals surface area contributed by atoms with Crippen molar-refractivity contribution in [1.29, 1.82) is 0 Å². The van der Waals surface area contributed by atoms with Crippen LogP contribution in [-0.2, 0) is 14.6 Å². The summed E-state index contributed by atoms with van der Waals surface area (Å²) in [4.78, 5) is 11.7. The Labute approximate surface area is 104 Å². The second kappa shape index (κ2) is 6.50. The normalized spacial score (nSPS) is 23.3. The molecule has 0 radical (unpaired) electrons. The van der Waals surface area contributed by atoms with Gasteiger partial charge in [0, 0.05) is 19.1 Å². The van der Waals surface area contributed by atoms with E-state index in [0.29, 0.717) is 18.3 Å². The third-order valence-corrected chi connectivity index (χ3v) is 4.39. The number of sulfone groups is 1. The number of ketones is 1. The smallest absolute Gasteiger partial charge is 0.147 e. The van der Waals surface area contributed by atoms with Crippen molar-refractivity contribution in [2.75, 3.05) is 25.1 Å². The van der Waals surface area contributed by atoms with Crippen molar-refractivity contribution in [2.45, 2.75) is 32.6 Å². The van der Waals surface area contributed by atoms with Crippen molar-refractivity contribution in [3.05, 3.63) is 0 Å². The van der Waals surface area contributed by atoms with Crippen LogP contribution in [0.15, 0.2) is 0 Å². The van der Waals surface area contributed by atoms with Gasteiger partial charge in [-0.05, 0) is 37.8 Å². The molecule has 4 nitrogen and oxygen atoms in total. The highest BCUT2D eigenvalue weighted by atomic mass is 32.2. The molecule has 1 aliphatic rings. The molecule has 0 aromatic carbocycles. The van der Waals surface area contributed by atoms with Gasteiger partial charge in [-0.15, -0.1) is 0 Å². The van der Waals surface area contributed by atoms with Gasteiger partial charge in [0.05, 0.1) is 5.75 Å². The number of hydrogen-bond acceptors (Lipinski definition) is 4. The first-order valence-electron chi connectivity index (χ1n) is 6.28. The number of Topliss-reactive ketones (excluding diaryl/α,β-unsaturated/α-hetero) is 1. The minimum Gasteiger partial charge on any atom is -0.316 e. The molecule has 0 bridgehead atoms. The fraction of sp³-hybridized carbons (Fsp3) is 0.917. The zero-order valence-corrected chi connectivity index (χ0v) is 11.6. The Balaban J connectivity index is 2.29. The highest BCUT2D eigenvalue weighted by Gasteiger charge is 2.22. The Morgan fingerprint density at radius 2 is 2.18 bits per heavy atom. The SMILES string of the molecule is CC(CC(=O)CCS(C)(=O)=O)C1CCCNC1. The number of nitrogens with one attached hydrogen (secondary N) is 1. The summed E-state index contributed by atoms with van der Waals surface area (Å²) in [5.74, 6) is 0.982. The zero-order chi connectivity index (χ0) is 12.9. The predicted octanol–water partition coefficient (Wildman–Crippen LogP) is 1.02. The largest absolute Gasteiger partial charge is 0.316 e. The number of piperidine rings is 1. The van der Waals surface area contributed by atoms with E-state index in [0.717, 1.165) is 13.1 Å². The number of carbonyl (C=O) groups is 1. The standard InChI is InChI=1S/C12H23NO3S/c1-10(11-4-3-6-13-9-11)8-12(14)5-7-17(2,15)16/h10-11,13H,3-9H2,1-2H3. The summed E-state index contributed by atoms with van der Waals surface area (Å²) in [6.45, 7) is 4.15. The number of hydrogen-bond donors (Lipinski definition) is 1. The zero-order valence-electron chi connectivity index (χ0n) is 10.7. The lowest BCUT2D eigenvalue weighted by atomic mass is 9.84. The summed E-state index contributed by atoms with van der Waals surface area (Å²) >= 11 is 0. The van der Waals surface area contributed by atoms with Crippen molar-refractivity contribution in [2.24, 2.45) is 11.8 Å². The van der Waals surface area contributed by atoms with Crippen molar-refractivity contribution in [1.82, 2.24) is 5.32 Å². The molecule has 0 amide bonds. The van der Waals surface area contributed by atoms with Crippen LogP contribution in [0.2, 0.25) is 0 Å². The van der Waals surface area contributed by atoms with Crippen molar-refractivity contribution in [3.8, 4) is 0 Å². The quantitative estimate of drug-likeness (QED) is 0.775. The molecule has 17 heavy (non-hydrogen) atoms. The second-order valence-corrected chi connectivity index (χ2v) is 7.47. The molecule has 1 fully saturated rings. The molecule has 2 unspecified atom stereocenters. The molecular weight excluding hydrogens is 238 g/mol. The monoisotopic (exact) mass is 261 g/mol. The average molecular weight is 261 g/mol. The van der Waals surface area contributed by atoms with Crippen LogP contribution in [0.1, 0.15) is 32.6 Å². The molecule has 0 spiro atoms. The topological polar surface area (TPSA) is 63.2 Å². The third kappa shape index (κ3) is 6.17. The molecule has 1 aliphatic heterocycles. The van der Waals surface area contributed by atoms with Gasteiger partial charge in [-0.1, -0.05) is 6.92 Å². The van der Waals surface area contributed by atoms with Gasteiger partial charge in [-0.25, -0.2) is 8.42 Å². The second-order valence-electron chi connectivity index (χ2n) is 5.21. The summed E-state index contributed by atoms with van der Waals surface area (Å²) in [6, 6.07) is 0. The summed E-state index contributed by atoms with van der Waals surface area (Å²) in [5.41, 5.74) is 0. The lowest BCUT2D eigenvalue weighted by molar-refractivity contribution is -0.119. The molecule has 0 saturated carbocycles. The van der Waals surface area contributed by atoms with Crippen LogP contribution >= 0.6 is 0 Å². The van der Waals surface area contributed by atoms with Gasteiger partial charge >= 0.3 is 0 Å². The number of carbonyl (C=O) groups excluding carboxylic acids is 1. The molecule has 5 heteroatoms. The summed E-state index contributed by atoms with van der Waals surface area (Å²) in [6.07, 6.45) is 4.21. The first-order chi connectivity index (χ1) is 7.88. The molecule has 0 aromatic heterocycles. The Bertz CT molecular complexity index is 345. The molecule has 2 atom stereocenters. The first-order valence-corrected chi connectivity index (χ1v) is 8.34. The van der Waals surface area contributed by atoms with Gasteiger partial charge in [0.1, 0.15) is 15.6 Å². The molecule has 0 aliphatic carbocycles. The van der Waals surface area contributed by atoms with E-state index in [-0.39, 0.29) is 18.0 Å². The van der Waals surface area contributed by atoms with Gasteiger partial charge < -0.3 is 5.32 Å². The minimum atomic E-state index is -3.01.